The van der Waals surface area contributed by atoms with Gasteiger partial charge in [0.15, 0.2) is 0 Å². The zero-order valence-corrected chi connectivity index (χ0v) is 14.2. The Morgan fingerprint density at radius 1 is 1.14 bits per heavy atom. The highest BCUT2D eigenvalue weighted by Gasteiger charge is 2.20. The number of aryl methyl sites for hydroxylation is 1. The number of anilines is 1. The van der Waals surface area contributed by atoms with E-state index in [2.05, 4.69) is 55.1 Å². The Bertz CT molecular complexity index is 693. The molecule has 0 N–H and O–H groups in total. The Morgan fingerprint density at radius 3 is 2.50 bits per heavy atom. The standard InChI is InChI=1S/C16H19BrN4O/c1-19-16(22)15(17)14(11-18-19)21-9-7-20(8-10-21)12-13-5-3-2-4-6-13/h2-6,11H,7-10,12H2,1H3. The number of hydrogen-bond acceptors (Lipinski definition) is 4. The molecule has 2 heterocycles. The van der Waals surface area contributed by atoms with E-state index in [0.29, 0.717) is 4.47 Å². The fraction of sp³-hybridized carbons (Fsp3) is 0.375. The summed E-state index contributed by atoms with van der Waals surface area (Å²) in [6.45, 7) is 4.75. The molecule has 1 fully saturated rings. The van der Waals surface area contributed by atoms with Gasteiger partial charge in [0.05, 0.1) is 11.9 Å². The van der Waals surface area contributed by atoms with Crippen LogP contribution < -0.4 is 10.5 Å². The summed E-state index contributed by atoms with van der Waals surface area (Å²) in [4.78, 5) is 16.6. The van der Waals surface area contributed by atoms with Crippen LogP contribution in [0.25, 0.3) is 0 Å². The SMILES string of the molecule is Cn1ncc(N2CCN(Cc3ccccc3)CC2)c(Br)c1=O. The van der Waals surface area contributed by atoms with Crippen LogP contribution in [-0.2, 0) is 13.6 Å². The van der Waals surface area contributed by atoms with Crippen LogP contribution in [-0.4, -0.2) is 40.9 Å². The molecule has 116 valence electrons. The van der Waals surface area contributed by atoms with Crippen molar-refractivity contribution in [3.05, 3.63) is 56.9 Å². The van der Waals surface area contributed by atoms with E-state index in [1.807, 2.05) is 6.07 Å². The zero-order valence-electron chi connectivity index (χ0n) is 12.6. The van der Waals surface area contributed by atoms with E-state index in [-0.39, 0.29) is 5.56 Å². The Kier molecular flexibility index (Phi) is 4.59. The summed E-state index contributed by atoms with van der Waals surface area (Å²) in [6, 6.07) is 10.5. The number of aromatic nitrogens is 2. The van der Waals surface area contributed by atoms with Crippen molar-refractivity contribution in [1.82, 2.24) is 14.7 Å². The Morgan fingerprint density at radius 2 is 1.82 bits per heavy atom. The van der Waals surface area contributed by atoms with Crippen LogP contribution in [0.2, 0.25) is 0 Å². The molecule has 1 aromatic carbocycles. The first-order valence-electron chi connectivity index (χ1n) is 7.38. The number of nitrogens with zero attached hydrogens (tertiary/aromatic N) is 4. The van der Waals surface area contributed by atoms with Crippen LogP contribution in [0.3, 0.4) is 0 Å². The average molecular weight is 363 g/mol. The fourth-order valence-electron chi connectivity index (χ4n) is 2.71. The highest BCUT2D eigenvalue weighted by atomic mass is 79.9. The molecular weight excluding hydrogens is 344 g/mol. The van der Waals surface area contributed by atoms with Crippen molar-refractivity contribution in [2.45, 2.75) is 6.54 Å². The van der Waals surface area contributed by atoms with Crippen LogP contribution in [0.15, 0.2) is 45.8 Å². The normalized spacial score (nSPS) is 16.0. The highest BCUT2D eigenvalue weighted by molar-refractivity contribution is 9.10. The van der Waals surface area contributed by atoms with Crippen LogP contribution >= 0.6 is 15.9 Å². The maximum absolute atomic E-state index is 12.0. The maximum Gasteiger partial charge on any atom is 0.282 e. The lowest BCUT2D eigenvalue weighted by molar-refractivity contribution is 0.249. The van der Waals surface area contributed by atoms with Crippen molar-refractivity contribution < 1.29 is 0 Å². The molecule has 0 unspecified atom stereocenters. The maximum atomic E-state index is 12.0. The highest BCUT2D eigenvalue weighted by Crippen LogP contribution is 2.23. The molecule has 1 aliphatic rings. The molecule has 1 aromatic heterocycles. The smallest absolute Gasteiger partial charge is 0.282 e. The number of benzene rings is 1. The summed E-state index contributed by atoms with van der Waals surface area (Å²) in [5, 5.41) is 4.12. The third kappa shape index (κ3) is 3.23. The molecule has 0 amide bonds. The van der Waals surface area contributed by atoms with E-state index < -0.39 is 0 Å². The molecule has 0 radical (unpaired) electrons. The lowest BCUT2D eigenvalue weighted by Gasteiger charge is -2.36. The molecule has 0 aliphatic carbocycles. The summed E-state index contributed by atoms with van der Waals surface area (Å²) < 4.78 is 1.95. The van der Waals surface area contributed by atoms with Gasteiger partial charge >= 0.3 is 0 Å². The minimum absolute atomic E-state index is 0.0933. The van der Waals surface area contributed by atoms with Crippen molar-refractivity contribution in [2.24, 2.45) is 7.05 Å². The van der Waals surface area contributed by atoms with Crippen LogP contribution in [0.1, 0.15) is 5.56 Å². The van der Waals surface area contributed by atoms with Gasteiger partial charge in [0.1, 0.15) is 4.47 Å². The topological polar surface area (TPSA) is 41.4 Å². The second-order valence-electron chi connectivity index (χ2n) is 5.52. The third-order valence-corrected chi connectivity index (χ3v) is 4.77. The van der Waals surface area contributed by atoms with E-state index in [0.717, 1.165) is 38.4 Å². The third-order valence-electron chi connectivity index (χ3n) is 4.02. The second-order valence-corrected chi connectivity index (χ2v) is 6.31. The average Bonchev–Trinajstić information content (AvgIpc) is 2.55. The molecule has 0 bridgehead atoms. The van der Waals surface area contributed by atoms with Gasteiger partial charge in [-0.05, 0) is 21.5 Å². The van der Waals surface area contributed by atoms with Crippen molar-refractivity contribution in [3.63, 3.8) is 0 Å². The van der Waals surface area contributed by atoms with E-state index in [4.69, 9.17) is 0 Å². The van der Waals surface area contributed by atoms with Gasteiger partial charge in [-0.2, -0.15) is 5.10 Å². The number of hydrogen-bond donors (Lipinski definition) is 0. The summed E-state index contributed by atoms with van der Waals surface area (Å²) in [5.74, 6) is 0. The Labute approximate surface area is 138 Å². The fourth-order valence-corrected chi connectivity index (χ4v) is 3.32. The summed E-state index contributed by atoms with van der Waals surface area (Å²) in [6.07, 6.45) is 1.76. The summed E-state index contributed by atoms with van der Waals surface area (Å²) >= 11 is 3.41. The van der Waals surface area contributed by atoms with Gasteiger partial charge in [-0.25, -0.2) is 4.68 Å². The van der Waals surface area contributed by atoms with Crippen LogP contribution in [0.5, 0.6) is 0 Å². The lowest BCUT2D eigenvalue weighted by atomic mass is 10.2. The van der Waals surface area contributed by atoms with Gasteiger partial charge in [-0.1, -0.05) is 30.3 Å². The molecule has 1 aliphatic heterocycles. The molecule has 2 aromatic rings. The Hall–Kier alpha value is -1.66. The van der Waals surface area contributed by atoms with E-state index >= 15 is 0 Å². The van der Waals surface area contributed by atoms with Crippen LogP contribution in [0.4, 0.5) is 5.69 Å². The number of rotatable bonds is 3. The first kappa shape index (κ1) is 15.2. The van der Waals surface area contributed by atoms with Gasteiger partial charge < -0.3 is 4.90 Å². The molecule has 1 saturated heterocycles. The van der Waals surface area contributed by atoms with Crippen molar-refractivity contribution in [2.75, 3.05) is 31.1 Å². The van der Waals surface area contributed by atoms with Crippen molar-refractivity contribution in [1.29, 1.82) is 0 Å². The van der Waals surface area contributed by atoms with E-state index in [9.17, 15) is 4.79 Å². The lowest BCUT2D eigenvalue weighted by Crippen LogP contribution is -2.46. The molecule has 5 nitrogen and oxygen atoms in total. The largest absolute Gasteiger partial charge is 0.367 e. The first-order chi connectivity index (χ1) is 10.6. The van der Waals surface area contributed by atoms with Crippen molar-refractivity contribution in [3.8, 4) is 0 Å². The molecule has 3 rings (SSSR count). The van der Waals surface area contributed by atoms with Gasteiger partial charge in [0, 0.05) is 39.8 Å². The van der Waals surface area contributed by atoms with Gasteiger partial charge in [-0.15, -0.1) is 0 Å². The van der Waals surface area contributed by atoms with Crippen molar-refractivity contribution >= 4 is 21.6 Å². The molecule has 0 spiro atoms. The van der Waals surface area contributed by atoms with Gasteiger partial charge in [0.2, 0.25) is 0 Å². The zero-order chi connectivity index (χ0) is 15.5. The monoisotopic (exact) mass is 362 g/mol. The first-order valence-corrected chi connectivity index (χ1v) is 8.17. The minimum atomic E-state index is -0.0933. The quantitative estimate of drug-likeness (QED) is 0.835. The molecule has 0 saturated carbocycles. The predicted octanol–water partition coefficient (Wildman–Crippen LogP) is 1.86. The van der Waals surface area contributed by atoms with Gasteiger partial charge in [-0.3, -0.25) is 9.69 Å². The predicted molar refractivity (Wildman–Crippen MR) is 91.1 cm³/mol. The summed E-state index contributed by atoms with van der Waals surface area (Å²) in [5.41, 5.74) is 2.14. The minimum Gasteiger partial charge on any atom is -0.367 e. The number of piperazine rings is 1. The van der Waals surface area contributed by atoms with Crippen LogP contribution in [0, 0.1) is 0 Å². The Balaban J connectivity index is 1.65. The number of halogens is 1. The molecular formula is C16H19BrN4O. The van der Waals surface area contributed by atoms with E-state index in [1.54, 1.807) is 13.2 Å². The van der Waals surface area contributed by atoms with Gasteiger partial charge in [0.25, 0.3) is 5.56 Å². The molecule has 0 atom stereocenters. The second kappa shape index (κ2) is 6.62. The summed E-state index contributed by atoms with van der Waals surface area (Å²) in [7, 11) is 1.66. The molecule has 6 heteroatoms. The molecule has 22 heavy (non-hydrogen) atoms. The van der Waals surface area contributed by atoms with E-state index in [1.165, 1.54) is 10.2 Å².